The number of carbonyl (C=O) groups is 3. The molecular weight excluding hydrogens is 228 g/mol. The maximum atomic E-state index is 11.6. The maximum Gasteiger partial charge on any atom is 0.328 e. The van der Waals surface area contributed by atoms with Gasteiger partial charge in [-0.3, -0.25) is 10.1 Å². The summed E-state index contributed by atoms with van der Waals surface area (Å²) < 4.78 is 5.16. The minimum absolute atomic E-state index is 0.418. The van der Waals surface area contributed by atoms with Crippen molar-refractivity contribution in [2.24, 2.45) is 0 Å². The molecule has 0 aromatic carbocycles. The summed E-state index contributed by atoms with van der Waals surface area (Å²) in [6.07, 6.45) is 2.19. The number of aliphatic carboxylic acids is 1. The van der Waals surface area contributed by atoms with Gasteiger partial charge in [-0.25, -0.2) is 9.59 Å². The number of nitrogens with zero attached hydrogens (tertiary/aromatic N) is 1. The van der Waals surface area contributed by atoms with Crippen molar-refractivity contribution in [3.8, 4) is 0 Å². The number of imide groups is 1. The summed E-state index contributed by atoms with van der Waals surface area (Å²) in [6, 6.07) is -0.532. The Morgan fingerprint density at radius 1 is 1.18 bits per heavy atom. The van der Waals surface area contributed by atoms with E-state index in [9.17, 15) is 14.4 Å². The Labute approximate surface area is 98.0 Å². The second-order valence-corrected chi connectivity index (χ2v) is 3.42. The molecule has 1 heterocycles. The van der Waals surface area contributed by atoms with Gasteiger partial charge in [-0.15, -0.1) is 0 Å². The molecule has 0 aromatic heterocycles. The van der Waals surface area contributed by atoms with E-state index in [0.29, 0.717) is 38.8 Å². The van der Waals surface area contributed by atoms with E-state index in [4.69, 9.17) is 9.84 Å². The highest BCUT2D eigenvalue weighted by Crippen LogP contribution is 1.99. The molecule has 1 saturated heterocycles. The lowest BCUT2D eigenvalue weighted by Crippen LogP contribution is -2.43. The zero-order chi connectivity index (χ0) is 12.7. The summed E-state index contributed by atoms with van der Waals surface area (Å²) in [4.78, 5) is 34.3. The van der Waals surface area contributed by atoms with E-state index < -0.39 is 17.9 Å². The quantitative estimate of drug-likeness (QED) is 0.641. The number of hydrogen-bond donors (Lipinski definition) is 2. The number of urea groups is 1. The fourth-order valence-corrected chi connectivity index (χ4v) is 1.32. The molecule has 1 aliphatic heterocycles. The molecule has 17 heavy (non-hydrogen) atoms. The smallest absolute Gasteiger partial charge is 0.328 e. The predicted molar refractivity (Wildman–Crippen MR) is 57.3 cm³/mol. The van der Waals surface area contributed by atoms with E-state index in [1.54, 1.807) is 0 Å². The second-order valence-electron chi connectivity index (χ2n) is 3.42. The topological polar surface area (TPSA) is 95.9 Å². The summed E-state index contributed by atoms with van der Waals surface area (Å²) >= 11 is 0. The van der Waals surface area contributed by atoms with Crippen LogP contribution < -0.4 is 5.32 Å². The number of amides is 3. The van der Waals surface area contributed by atoms with E-state index in [0.717, 1.165) is 6.08 Å². The largest absolute Gasteiger partial charge is 0.478 e. The van der Waals surface area contributed by atoms with Crippen LogP contribution in [0.3, 0.4) is 0 Å². The molecular formula is C10H14N2O5. The first kappa shape index (κ1) is 13.2. The highest BCUT2D eigenvalue weighted by Gasteiger charge is 2.16. The third-order valence-corrected chi connectivity index (χ3v) is 2.12. The van der Waals surface area contributed by atoms with Crippen LogP contribution in [0.25, 0.3) is 0 Å². The maximum absolute atomic E-state index is 11.6. The van der Waals surface area contributed by atoms with Crippen LogP contribution in [-0.2, 0) is 14.3 Å². The molecule has 1 rings (SSSR count). The molecule has 94 valence electrons. The van der Waals surface area contributed by atoms with Crippen molar-refractivity contribution in [1.82, 2.24) is 10.2 Å². The summed E-state index contributed by atoms with van der Waals surface area (Å²) in [5, 5.41) is 10.4. The molecule has 0 saturated carbocycles. The Kier molecular flexibility index (Phi) is 5.15. The van der Waals surface area contributed by atoms with E-state index >= 15 is 0 Å². The van der Waals surface area contributed by atoms with Gasteiger partial charge in [0.2, 0.25) is 0 Å². The molecule has 7 heteroatoms. The minimum Gasteiger partial charge on any atom is -0.478 e. The van der Waals surface area contributed by atoms with Crippen LogP contribution >= 0.6 is 0 Å². The van der Waals surface area contributed by atoms with Crippen molar-refractivity contribution in [2.45, 2.75) is 6.42 Å². The van der Waals surface area contributed by atoms with Gasteiger partial charge in [-0.1, -0.05) is 0 Å². The first-order chi connectivity index (χ1) is 8.09. The van der Waals surface area contributed by atoms with Crippen LogP contribution in [0.5, 0.6) is 0 Å². The Hall–Kier alpha value is -1.89. The number of carboxylic acid groups (broad SMARTS) is 1. The highest BCUT2D eigenvalue weighted by atomic mass is 16.5. The van der Waals surface area contributed by atoms with Crippen molar-refractivity contribution in [2.75, 3.05) is 26.3 Å². The third kappa shape index (κ3) is 5.12. The molecule has 0 aromatic rings. The molecule has 0 radical (unpaired) electrons. The molecule has 2 N–H and O–H groups in total. The standard InChI is InChI=1S/C10H14N2O5/c13-8(2-3-9(14)15)11-10(16)12-4-1-6-17-7-5-12/h2-3H,1,4-7H2,(H,14,15)(H,11,13,16)/b3-2+. The van der Waals surface area contributed by atoms with Gasteiger partial charge in [-0.2, -0.15) is 0 Å². The number of ether oxygens (including phenoxy) is 1. The molecule has 1 fully saturated rings. The first-order valence-corrected chi connectivity index (χ1v) is 5.18. The van der Waals surface area contributed by atoms with E-state index in [1.807, 2.05) is 0 Å². The SMILES string of the molecule is O=C(O)/C=C/C(=O)NC(=O)N1CCCOCC1. The fourth-order valence-electron chi connectivity index (χ4n) is 1.32. The highest BCUT2D eigenvalue weighted by molar-refractivity contribution is 6.02. The molecule has 3 amide bonds. The first-order valence-electron chi connectivity index (χ1n) is 5.18. The van der Waals surface area contributed by atoms with Gasteiger partial charge in [0, 0.05) is 31.8 Å². The lowest BCUT2D eigenvalue weighted by Gasteiger charge is -2.18. The third-order valence-electron chi connectivity index (χ3n) is 2.12. The zero-order valence-corrected chi connectivity index (χ0v) is 9.22. The van der Waals surface area contributed by atoms with Gasteiger partial charge in [0.1, 0.15) is 0 Å². The monoisotopic (exact) mass is 242 g/mol. The van der Waals surface area contributed by atoms with E-state index in [-0.39, 0.29) is 0 Å². The summed E-state index contributed by atoms with van der Waals surface area (Å²) in [7, 11) is 0. The van der Waals surface area contributed by atoms with Crippen molar-refractivity contribution in [3.05, 3.63) is 12.2 Å². The summed E-state index contributed by atoms with van der Waals surface area (Å²) in [6.45, 7) is 1.97. The van der Waals surface area contributed by atoms with Crippen LogP contribution in [0.15, 0.2) is 12.2 Å². The summed E-state index contributed by atoms with van der Waals surface area (Å²) in [5.74, 6) is -1.99. The van der Waals surface area contributed by atoms with Crippen molar-refractivity contribution < 1.29 is 24.2 Å². The van der Waals surface area contributed by atoms with Gasteiger partial charge in [-0.05, 0) is 6.42 Å². The van der Waals surface area contributed by atoms with Crippen molar-refractivity contribution in [3.63, 3.8) is 0 Å². The molecule has 0 atom stereocenters. The summed E-state index contributed by atoms with van der Waals surface area (Å²) in [5.41, 5.74) is 0. The number of carbonyl (C=O) groups excluding carboxylic acids is 2. The van der Waals surface area contributed by atoms with E-state index in [2.05, 4.69) is 5.32 Å². The van der Waals surface area contributed by atoms with Gasteiger partial charge in [0.25, 0.3) is 5.91 Å². The number of carboxylic acids is 1. The van der Waals surface area contributed by atoms with Crippen LogP contribution in [0.1, 0.15) is 6.42 Å². The Morgan fingerprint density at radius 2 is 1.94 bits per heavy atom. The molecule has 0 unspecified atom stereocenters. The van der Waals surface area contributed by atoms with Gasteiger partial charge in [0.05, 0.1) is 6.61 Å². The number of nitrogens with one attached hydrogen (secondary N) is 1. The second kappa shape index (κ2) is 6.64. The van der Waals surface area contributed by atoms with Crippen LogP contribution in [0.2, 0.25) is 0 Å². The predicted octanol–water partition coefficient (Wildman–Crippen LogP) is -0.414. The van der Waals surface area contributed by atoms with Crippen LogP contribution in [0, 0.1) is 0 Å². The zero-order valence-electron chi connectivity index (χ0n) is 9.22. The van der Waals surface area contributed by atoms with Crippen molar-refractivity contribution in [1.29, 1.82) is 0 Å². The van der Waals surface area contributed by atoms with Gasteiger partial charge in [0.15, 0.2) is 0 Å². The average Bonchev–Trinajstić information content (AvgIpc) is 2.54. The number of rotatable bonds is 2. The molecule has 0 bridgehead atoms. The average molecular weight is 242 g/mol. The van der Waals surface area contributed by atoms with Gasteiger partial charge < -0.3 is 14.7 Å². The van der Waals surface area contributed by atoms with Crippen LogP contribution in [0.4, 0.5) is 4.79 Å². The Morgan fingerprint density at radius 3 is 2.65 bits per heavy atom. The van der Waals surface area contributed by atoms with Crippen molar-refractivity contribution >= 4 is 17.9 Å². The molecule has 0 aliphatic carbocycles. The van der Waals surface area contributed by atoms with Gasteiger partial charge >= 0.3 is 12.0 Å². The molecule has 1 aliphatic rings. The molecule has 7 nitrogen and oxygen atoms in total. The molecule has 0 spiro atoms. The van der Waals surface area contributed by atoms with E-state index in [1.165, 1.54) is 4.90 Å². The van der Waals surface area contributed by atoms with Crippen LogP contribution in [-0.4, -0.2) is 54.2 Å². The Bertz CT molecular complexity index is 332. The lowest BCUT2D eigenvalue weighted by atomic mass is 10.4. The number of hydrogen-bond acceptors (Lipinski definition) is 4. The lowest BCUT2D eigenvalue weighted by molar-refractivity contribution is -0.131. The Balaban J connectivity index is 2.41. The fraction of sp³-hybridized carbons (Fsp3) is 0.500. The normalized spacial score (nSPS) is 16.6. The minimum atomic E-state index is -1.24.